The summed E-state index contributed by atoms with van der Waals surface area (Å²) in [7, 11) is 1.98. The Hall–Kier alpha value is -2.03. The van der Waals surface area contributed by atoms with Gasteiger partial charge in [-0.15, -0.1) is 0 Å². The number of nitrogens with zero attached hydrogens (tertiary/aromatic N) is 1. The Morgan fingerprint density at radius 3 is 2.82 bits per heavy atom. The number of fused-ring (bicyclic) bond motifs is 1. The van der Waals surface area contributed by atoms with Crippen molar-refractivity contribution in [1.82, 2.24) is 4.57 Å². The summed E-state index contributed by atoms with van der Waals surface area (Å²) in [5.74, 6) is -0.848. The van der Waals surface area contributed by atoms with Gasteiger partial charge in [0.25, 0.3) is 0 Å². The van der Waals surface area contributed by atoms with Crippen molar-refractivity contribution >= 4 is 22.9 Å². The molecule has 0 saturated heterocycles. The average Bonchev–Trinajstić information content (AvgIpc) is 2.67. The lowest BCUT2D eigenvalue weighted by Gasteiger charge is -2.01. The van der Waals surface area contributed by atoms with Gasteiger partial charge in [-0.25, -0.2) is 4.79 Å². The van der Waals surface area contributed by atoms with Gasteiger partial charge >= 0.3 is 5.97 Å². The summed E-state index contributed by atoms with van der Waals surface area (Å²) >= 11 is 0. The number of carboxylic acid groups (broad SMARTS) is 1. The first-order valence-electron chi connectivity index (χ1n) is 5.60. The second-order valence-electron chi connectivity index (χ2n) is 4.07. The van der Waals surface area contributed by atoms with Gasteiger partial charge in [-0.2, -0.15) is 0 Å². The molecular weight excluding hydrogens is 214 g/mol. The van der Waals surface area contributed by atoms with Gasteiger partial charge < -0.3 is 9.67 Å². The Morgan fingerprint density at radius 2 is 2.18 bits per heavy atom. The van der Waals surface area contributed by atoms with Crippen LogP contribution in [0.5, 0.6) is 0 Å². The number of benzene rings is 1. The maximum atomic E-state index is 10.9. The van der Waals surface area contributed by atoms with Crippen LogP contribution in [0.1, 0.15) is 18.9 Å². The van der Waals surface area contributed by atoms with Crippen molar-refractivity contribution in [3.8, 4) is 0 Å². The molecule has 0 amide bonds. The molecule has 3 nitrogen and oxygen atoms in total. The SMILES string of the molecule is CC/C(=C\c1ccc2ccn(C)c2c1)C(=O)O. The lowest BCUT2D eigenvalue weighted by Crippen LogP contribution is -1.98. The van der Waals surface area contributed by atoms with Gasteiger partial charge in [0.2, 0.25) is 0 Å². The first-order chi connectivity index (χ1) is 8.11. The van der Waals surface area contributed by atoms with Crippen LogP contribution in [-0.4, -0.2) is 15.6 Å². The maximum Gasteiger partial charge on any atom is 0.331 e. The smallest absolute Gasteiger partial charge is 0.331 e. The zero-order valence-corrected chi connectivity index (χ0v) is 9.97. The van der Waals surface area contributed by atoms with Crippen molar-refractivity contribution in [3.05, 3.63) is 41.6 Å². The summed E-state index contributed by atoms with van der Waals surface area (Å²) in [5, 5.41) is 10.2. The van der Waals surface area contributed by atoms with Crippen LogP contribution in [0.15, 0.2) is 36.0 Å². The molecule has 88 valence electrons. The Kier molecular flexibility index (Phi) is 3.00. The zero-order chi connectivity index (χ0) is 12.4. The van der Waals surface area contributed by atoms with Crippen molar-refractivity contribution in [3.63, 3.8) is 0 Å². The molecule has 0 bridgehead atoms. The van der Waals surface area contributed by atoms with Crippen molar-refractivity contribution < 1.29 is 9.90 Å². The molecule has 0 unspecified atom stereocenters. The molecule has 2 rings (SSSR count). The molecular formula is C14H15NO2. The Balaban J connectivity index is 2.49. The number of carbonyl (C=O) groups is 1. The summed E-state index contributed by atoms with van der Waals surface area (Å²) in [6, 6.07) is 8.01. The summed E-state index contributed by atoms with van der Waals surface area (Å²) in [5.41, 5.74) is 2.47. The molecule has 3 heteroatoms. The molecule has 1 aromatic carbocycles. The lowest BCUT2D eigenvalue weighted by molar-refractivity contribution is -0.132. The topological polar surface area (TPSA) is 42.2 Å². The Labute approximate surface area is 100.0 Å². The van der Waals surface area contributed by atoms with Gasteiger partial charge in [0.1, 0.15) is 0 Å². The van der Waals surface area contributed by atoms with Crippen LogP contribution >= 0.6 is 0 Å². The molecule has 0 atom stereocenters. The summed E-state index contributed by atoms with van der Waals surface area (Å²) in [6.45, 7) is 1.85. The van der Waals surface area contributed by atoms with E-state index in [1.165, 1.54) is 0 Å². The third-order valence-corrected chi connectivity index (χ3v) is 2.91. The van der Waals surface area contributed by atoms with E-state index >= 15 is 0 Å². The fourth-order valence-corrected chi connectivity index (χ4v) is 1.89. The largest absolute Gasteiger partial charge is 0.478 e. The molecule has 0 aliphatic rings. The molecule has 1 N–H and O–H groups in total. The van der Waals surface area contributed by atoms with E-state index in [9.17, 15) is 4.79 Å². The number of aryl methyl sites for hydroxylation is 1. The summed E-state index contributed by atoms with van der Waals surface area (Å²) in [4.78, 5) is 10.9. The van der Waals surface area contributed by atoms with Gasteiger partial charge in [-0.1, -0.05) is 19.1 Å². The van der Waals surface area contributed by atoms with Crippen LogP contribution in [0.4, 0.5) is 0 Å². The highest BCUT2D eigenvalue weighted by Gasteiger charge is 2.05. The second kappa shape index (κ2) is 4.45. The van der Waals surface area contributed by atoms with Crippen LogP contribution in [0.3, 0.4) is 0 Å². The fourth-order valence-electron chi connectivity index (χ4n) is 1.89. The second-order valence-corrected chi connectivity index (χ2v) is 4.07. The predicted octanol–water partition coefficient (Wildman–Crippen LogP) is 3.06. The van der Waals surface area contributed by atoms with Crippen LogP contribution in [-0.2, 0) is 11.8 Å². The molecule has 0 aliphatic carbocycles. The first kappa shape index (κ1) is 11.5. The fraction of sp³-hybridized carbons (Fsp3) is 0.214. The van der Waals surface area contributed by atoms with E-state index in [4.69, 9.17) is 5.11 Å². The molecule has 0 fully saturated rings. The molecule has 2 aromatic rings. The third-order valence-electron chi connectivity index (χ3n) is 2.91. The molecule has 17 heavy (non-hydrogen) atoms. The van der Waals surface area contributed by atoms with E-state index < -0.39 is 5.97 Å². The van der Waals surface area contributed by atoms with Crippen molar-refractivity contribution in [1.29, 1.82) is 0 Å². The van der Waals surface area contributed by atoms with Crippen LogP contribution in [0, 0.1) is 0 Å². The minimum atomic E-state index is -0.848. The number of hydrogen-bond acceptors (Lipinski definition) is 1. The molecule has 1 heterocycles. The van der Waals surface area contributed by atoms with Gasteiger partial charge in [0.15, 0.2) is 0 Å². The van der Waals surface area contributed by atoms with E-state index in [2.05, 4.69) is 0 Å². The monoisotopic (exact) mass is 229 g/mol. The maximum absolute atomic E-state index is 10.9. The summed E-state index contributed by atoms with van der Waals surface area (Å²) < 4.78 is 2.03. The number of hydrogen-bond donors (Lipinski definition) is 1. The van der Waals surface area contributed by atoms with Crippen molar-refractivity contribution in [2.75, 3.05) is 0 Å². The van der Waals surface area contributed by atoms with E-state index in [0.717, 1.165) is 16.5 Å². The predicted molar refractivity (Wildman–Crippen MR) is 68.8 cm³/mol. The molecule has 0 saturated carbocycles. The number of aromatic nitrogens is 1. The Morgan fingerprint density at radius 1 is 1.41 bits per heavy atom. The number of rotatable bonds is 3. The van der Waals surface area contributed by atoms with E-state index in [1.807, 2.05) is 49.0 Å². The molecule has 0 spiro atoms. The number of aliphatic carboxylic acids is 1. The average molecular weight is 229 g/mol. The van der Waals surface area contributed by atoms with Gasteiger partial charge in [-0.3, -0.25) is 0 Å². The van der Waals surface area contributed by atoms with E-state index in [1.54, 1.807) is 6.08 Å². The highest BCUT2D eigenvalue weighted by atomic mass is 16.4. The Bertz CT molecular complexity index is 593. The van der Waals surface area contributed by atoms with Gasteiger partial charge in [0, 0.05) is 24.3 Å². The zero-order valence-electron chi connectivity index (χ0n) is 9.97. The minimum Gasteiger partial charge on any atom is -0.478 e. The van der Waals surface area contributed by atoms with Crippen molar-refractivity contribution in [2.24, 2.45) is 7.05 Å². The van der Waals surface area contributed by atoms with E-state index in [0.29, 0.717) is 12.0 Å². The minimum absolute atomic E-state index is 0.429. The molecule has 0 aliphatic heterocycles. The van der Waals surface area contributed by atoms with Crippen molar-refractivity contribution in [2.45, 2.75) is 13.3 Å². The first-order valence-corrected chi connectivity index (χ1v) is 5.60. The number of carboxylic acids is 1. The molecule has 1 aromatic heterocycles. The standard InChI is InChI=1S/C14H15NO2/c1-3-11(14(16)17)8-10-4-5-12-6-7-15(2)13(12)9-10/h4-9H,3H2,1-2H3,(H,16,17)/b11-8+. The third kappa shape index (κ3) is 2.23. The van der Waals surface area contributed by atoms with E-state index in [-0.39, 0.29) is 0 Å². The normalized spacial score (nSPS) is 12.0. The highest BCUT2D eigenvalue weighted by molar-refractivity contribution is 5.93. The molecule has 0 radical (unpaired) electrons. The lowest BCUT2D eigenvalue weighted by atomic mass is 10.1. The van der Waals surface area contributed by atoms with Crippen LogP contribution in [0.2, 0.25) is 0 Å². The van der Waals surface area contributed by atoms with Gasteiger partial charge in [0.05, 0.1) is 0 Å². The van der Waals surface area contributed by atoms with Crippen LogP contribution in [0.25, 0.3) is 17.0 Å². The quantitative estimate of drug-likeness (QED) is 0.822. The highest BCUT2D eigenvalue weighted by Crippen LogP contribution is 2.19. The van der Waals surface area contributed by atoms with Crippen LogP contribution < -0.4 is 0 Å². The van der Waals surface area contributed by atoms with Gasteiger partial charge in [-0.05, 0) is 35.6 Å². The summed E-state index contributed by atoms with van der Waals surface area (Å²) in [6.07, 6.45) is 4.26.